The number of carbonyl (C=O) groups is 2. The van der Waals surface area contributed by atoms with Gasteiger partial charge in [-0.05, 0) is 44.9 Å². The molecule has 0 spiro atoms. The first-order chi connectivity index (χ1) is 11.6. The Morgan fingerprint density at radius 3 is 2.75 bits per heavy atom. The maximum absolute atomic E-state index is 12.4. The van der Waals surface area contributed by atoms with E-state index in [1.165, 1.54) is 0 Å². The summed E-state index contributed by atoms with van der Waals surface area (Å²) < 4.78 is 5.50. The first-order valence-electron chi connectivity index (χ1n) is 8.65. The highest BCUT2D eigenvalue weighted by molar-refractivity contribution is 5.97. The molecule has 0 aromatic heterocycles. The van der Waals surface area contributed by atoms with Gasteiger partial charge in [0.05, 0.1) is 12.6 Å². The lowest BCUT2D eigenvalue weighted by Gasteiger charge is -2.19. The number of anilines is 1. The molecule has 1 aromatic carbocycles. The van der Waals surface area contributed by atoms with E-state index in [2.05, 4.69) is 10.6 Å². The van der Waals surface area contributed by atoms with Gasteiger partial charge in [0.25, 0.3) is 5.91 Å². The van der Waals surface area contributed by atoms with Crippen LogP contribution < -0.4 is 10.6 Å². The second-order valence-electron chi connectivity index (χ2n) is 5.87. The molecule has 0 radical (unpaired) electrons. The van der Waals surface area contributed by atoms with Crippen LogP contribution in [0, 0.1) is 0 Å². The van der Waals surface area contributed by atoms with E-state index in [0.717, 1.165) is 19.4 Å². The van der Waals surface area contributed by atoms with E-state index in [1.807, 2.05) is 13.8 Å². The van der Waals surface area contributed by atoms with E-state index in [-0.39, 0.29) is 24.5 Å². The van der Waals surface area contributed by atoms with Crippen LogP contribution in [-0.4, -0.2) is 55.6 Å². The molecule has 6 nitrogen and oxygen atoms in total. The SMILES string of the molecule is CCN(CC)C(=O)c1cccc(NC(=O)CNCC2CCCO2)c1. The van der Waals surface area contributed by atoms with Crippen molar-refractivity contribution in [1.82, 2.24) is 10.2 Å². The number of carbonyl (C=O) groups excluding carboxylic acids is 2. The summed E-state index contributed by atoms with van der Waals surface area (Å²) in [4.78, 5) is 26.1. The van der Waals surface area contributed by atoms with Crippen LogP contribution in [0.5, 0.6) is 0 Å². The van der Waals surface area contributed by atoms with Crippen LogP contribution >= 0.6 is 0 Å². The number of hydrogen-bond acceptors (Lipinski definition) is 4. The predicted molar refractivity (Wildman–Crippen MR) is 94.2 cm³/mol. The van der Waals surface area contributed by atoms with Gasteiger partial charge in [-0.2, -0.15) is 0 Å². The average molecular weight is 333 g/mol. The molecule has 1 unspecified atom stereocenters. The Labute approximate surface area is 143 Å². The molecule has 1 fully saturated rings. The number of nitrogens with one attached hydrogen (secondary N) is 2. The minimum Gasteiger partial charge on any atom is -0.377 e. The zero-order chi connectivity index (χ0) is 17.4. The number of nitrogens with zero attached hydrogens (tertiary/aromatic N) is 1. The second kappa shape index (κ2) is 9.39. The molecule has 0 aliphatic carbocycles. The molecular weight excluding hydrogens is 306 g/mol. The summed E-state index contributed by atoms with van der Waals surface area (Å²) in [6.45, 7) is 6.96. The minimum absolute atomic E-state index is 0.0207. The Balaban J connectivity index is 1.84. The van der Waals surface area contributed by atoms with Crippen LogP contribution in [0.4, 0.5) is 5.69 Å². The summed E-state index contributed by atoms with van der Waals surface area (Å²) in [5, 5.41) is 5.93. The van der Waals surface area contributed by atoms with E-state index in [1.54, 1.807) is 29.2 Å². The van der Waals surface area contributed by atoms with Gasteiger partial charge < -0.3 is 20.3 Å². The molecule has 1 heterocycles. The Morgan fingerprint density at radius 1 is 1.29 bits per heavy atom. The third-order valence-corrected chi connectivity index (χ3v) is 4.13. The van der Waals surface area contributed by atoms with Crippen molar-refractivity contribution in [1.29, 1.82) is 0 Å². The van der Waals surface area contributed by atoms with Crippen LogP contribution in [0.15, 0.2) is 24.3 Å². The summed E-state index contributed by atoms with van der Waals surface area (Å²) in [7, 11) is 0. The van der Waals surface area contributed by atoms with Gasteiger partial charge in [-0.15, -0.1) is 0 Å². The molecule has 2 N–H and O–H groups in total. The van der Waals surface area contributed by atoms with Crippen molar-refractivity contribution in [3.63, 3.8) is 0 Å². The summed E-state index contributed by atoms with van der Waals surface area (Å²) >= 11 is 0. The molecule has 1 aromatic rings. The lowest BCUT2D eigenvalue weighted by atomic mass is 10.1. The number of hydrogen-bond donors (Lipinski definition) is 2. The van der Waals surface area contributed by atoms with Crippen LogP contribution in [0.3, 0.4) is 0 Å². The molecule has 6 heteroatoms. The molecule has 1 saturated heterocycles. The molecule has 2 amide bonds. The largest absolute Gasteiger partial charge is 0.377 e. The standard InChI is InChI=1S/C18H27N3O3/c1-3-21(4-2)18(23)14-7-5-8-15(11-14)20-17(22)13-19-12-16-9-6-10-24-16/h5,7-8,11,16,19H,3-4,6,9-10,12-13H2,1-2H3,(H,20,22). The minimum atomic E-state index is -0.125. The molecule has 2 rings (SSSR count). The Hall–Kier alpha value is -1.92. The van der Waals surface area contributed by atoms with Crippen molar-refractivity contribution < 1.29 is 14.3 Å². The lowest BCUT2D eigenvalue weighted by Crippen LogP contribution is -2.33. The van der Waals surface area contributed by atoms with Gasteiger partial charge in [0.1, 0.15) is 0 Å². The summed E-state index contributed by atoms with van der Waals surface area (Å²) in [6.07, 6.45) is 2.35. The highest BCUT2D eigenvalue weighted by Gasteiger charge is 2.16. The van der Waals surface area contributed by atoms with Crippen LogP contribution in [0.2, 0.25) is 0 Å². The van der Waals surface area contributed by atoms with Crippen LogP contribution in [0.1, 0.15) is 37.0 Å². The number of ether oxygens (including phenoxy) is 1. The fraction of sp³-hybridized carbons (Fsp3) is 0.556. The van der Waals surface area contributed by atoms with Gasteiger partial charge in [0.2, 0.25) is 5.91 Å². The van der Waals surface area contributed by atoms with Gasteiger partial charge in [0, 0.05) is 37.5 Å². The third kappa shape index (κ3) is 5.32. The second-order valence-corrected chi connectivity index (χ2v) is 5.87. The normalized spacial score (nSPS) is 16.8. The quantitative estimate of drug-likeness (QED) is 0.762. The smallest absolute Gasteiger partial charge is 0.253 e. The lowest BCUT2D eigenvalue weighted by molar-refractivity contribution is -0.115. The van der Waals surface area contributed by atoms with Gasteiger partial charge in [0.15, 0.2) is 0 Å². The van der Waals surface area contributed by atoms with Crippen molar-refractivity contribution in [2.75, 3.05) is 38.1 Å². The topological polar surface area (TPSA) is 70.7 Å². The summed E-state index contributed by atoms with van der Waals surface area (Å²) in [5.41, 5.74) is 1.22. The monoisotopic (exact) mass is 333 g/mol. The van der Waals surface area contributed by atoms with E-state index in [4.69, 9.17) is 4.74 Å². The summed E-state index contributed by atoms with van der Waals surface area (Å²) in [6, 6.07) is 7.06. The molecular formula is C18H27N3O3. The fourth-order valence-electron chi connectivity index (χ4n) is 2.78. The molecule has 132 valence electrons. The highest BCUT2D eigenvalue weighted by Crippen LogP contribution is 2.13. The highest BCUT2D eigenvalue weighted by atomic mass is 16.5. The third-order valence-electron chi connectivity index (χ3n) is 4.13. The Morgan fingerprint density at radius 2 is 2.08 bits per heavy atom. The number of amides is 2. The number of rotatable bonds is 8. The maximum Gasteiger partial charge on any atom is 0.253 e. The van der Waals surface area contributed by atoms with E-state index >= 15 is 0 Å². The first-order valence-corrected chi connectivity index (χ1v) is 8.65. The molecule has 0 bridgehead atoms. The zero-order valence-electron chi connectivity index (χ0n) is 14.5. The van der Waals surface area contributed by atoms with Crippen molar-refractivity contribution in [2.45, 2.75) is 32.8 Å². The molecule has 1 aliphatic heterocycles. The molecule has 1 atom stereocenters. The van der Waals surface area contributed by atoms with Crippen molar-refractivity contribution in [3.8, 4) is 0 Å². The van der Waals surface area contributed by atoms with E-state index < -0.39 is 0 Å². The average Bonchev–Trinajstić information content (AvgIpc) is 3.09. The number of benzene rings is 1. The van der Waals surface area contributed by atoms with E-state index in [0.29, 0.717) is 30.9 Å². The van der Waals surface area contributed by atoms with E-state index in [9.17, 15) is 9.59 Å². The molecule has 24 heavy (non-hydrogen) atoms. The van der Waals surface area contributed by atoms with Crippen LogP contribution in [0.25, 0.3) is 0 Å². The van der Waals surface area contributed by atoms with Crippen molar-refractivity contribution in [3.05, 3.63) is 29.8 Å². The fourth-order valence-corrected chi connectivity index (χ4v) is 2.78. The van der Waals surface area contributed by atoms with Crippen LogP contribution in [-0.2, 0) is 9.53 Å². The Kier molecular flexibility index (Phi) is 7.21. The van der Waals surface area contributed by atoms with Crippen molar-refractivity contribution >= 4 is 17.5 Å². The van der Waals surface area contributed by atoms with Crippen molar-refractivity contribution in [2.24, 2.45) is 0 Å². The van der Waals surface area contributed by atoms with Gasteiger partial charge in [-0.3, -0.25) is 9.59 Å². The predicted octanol–water partition coefficient (Wildman–Crippen LogP) is 1.88. The molecule has 0 saturated carbocycles. The zero-order valence-corrected chi connectivity index (χ0v) is 14.5. The van der Waals surface area contributed by atoms with Gasteiger partial charge in [-0.1, -0.05) is 6.07 Å². The van der Waals surface area contributed by atoms with Gasteiger partial charge >= 0.3 is 0 Å². The first kappa shape index (κ1) is 18.4. The van der Waals surface area contributed by atoms with Gasteiger partial charge in [-0.25, -0.2) is 0 Å². The summed E-state index contributed by atoms with van der Waals surface area (Å²) in [5.74, 6) is -0.145. The molecule has 1 aliphatic rings. The maximum atomic E-state index is 12.4. The Bertz CT molecular complexity index is 552.